The summed E-state index contributed by atoms with van der Waals surface area (Å²) < 4.78 is 236. The molecule has 2 unspecified atom stereocenters. The SMILES string of the molecule is CC(F)(F)C(F)OC(F)(F)C(F)(F)C(F)(F)OC(F)(F)C(F)(F)C(F)(F)OC(F)C(O)(F)F. The second kappa shape index (κ2) is 8.66. The van der Waals surface area contributed by atoms with Gasteiger partial charge >= 0.3 is 42.4 Å². The Kier molecular flexibility index (Phi) is 8.29. The summed E-state index contributed by atoms with van der Waals surface area (Å²) in [7, 11) is 0. The largest absolute Gasteiger partial charge is 0.433 e. The Morgan fingerprint density at radius 1 is 0.515 bits per heavy atom. The summed E-state index contributed by atoms with van der Waals surface area (Å²) in [5.41, 5.74) is 0. The van der Waals surface area contributed by atoms with Gasteiger partial charge in [0.25, 0.3) is 18.6 Å². The molecule has 0 fully saturated rings. The molecule has 0 radical (unpaired) electrons. The smallest absolute Gasteiger partial charge is 0.332 e. The lowest BCUT2D eigenvalue weighted by Gasteiger charge is -2.37. The molecule has 0 saturated heterocycles. The molecule has 0 amide bonds. The van der Waals surface area contributed by atoms with Crippen molar-refractivity contribution in [3.63, 3.8) is 0 Å². The summed E-state index contributed by atoms with van der Waals surface area (Å²) in [5.74, 6) is -20.8. The van der Waals surface area contributed by atoms with E-state index in [9.17, 15) is 79.0 Å². The number of halogens is 18. The van der Waals surface area contributed by atoms with Crippen LogP contribution in [-0.4, -0.2) is 66.1 Å². The van der Waals surface area contributed by atoms with Gasteiger partial charge in [0.2, 0.25) is 0 Å². The van der Waals surface area contributed by atoms with Crippen LogP contribution in [0.4, 0.5) is 79.0 Å². The van der Waals surface area contributed by atoms with Crippen molar-refractivity contribution in [1.29, 1.82) is 0 Å². The summed E-state index contributed by atoms with van der Waals surface area (Å²) in [6, 6.07) is 0. The van der Waals surface area contributed by atoms with E-state index in [1.54, 1.807) is 4.74 Å². The van der Waals surface area contributed by atoms with E-state index in [-0.39, 0.29) is 0 Å². The van der Waals surface area contributed by atoms with Crippen molar-refractivity contribution in [3.05, 3.63) is 0 Å². The normalized spacial score (nSPS) is 17.8. The van der Waals surface area contributed by atoms with Crippen molar-refractivity contribution < 1.29 is 98.3 Å². The molecule has 0 saturated carbocycles. The number of rotatable bonds is 12. The molecule has 0 aromatic heterocycles. The summed E-state index contributed by atoms with van der Waals surface area (Å²) >= 11 is 0. The summed E-state index contributed by atoms with van der Waals surface area (Å²) in [6.07, 6.45) is -46.6. The average Bonchev–Trinajstić information content (AvgIpc) is 2.50. The standard InChI is InChI=1S/C11H6F18O4/c1-4(14,15)2(12)31-8(22,23)6(18,19)10(26,27)33-11(28,29)7(20,21)9(24,25)32-3(13)5(16,17)30/h2-3,30H,1H3. The molecule has 0 aromatic carbocycles. The third-order valence-corrected chi connectivity index (χ3v) is 2.89. The first-order chi connectivity index (χ1) is 14.0. The van der Waals surface area contributed by atoms with E-state index in [0.29, 0.717) is 0 Å². The van der Waals surface area contributed by atoms with E-state index in [1.807, 2.05) is 4.74 Å². The van der Waals surface area contributed by atoms with E-state index >= 15 is 0 Å². The lowest BCUT2D eigenvalue weighted by Crippen LogP contribution is -2.64. The number of aliphatic hydroxyl groups is 1. The van der Waals surface area contributed by atoms with Crippen LogP contribution in [0.1, 0.15) is 6.92 Å². The van der Waals surface area contributed by atoms with Gasteiger partial charge < -0.3 is 5.11 Å². The number of hydrogen-bond acceptors (Lipinski definition) is 4. The Morgan fingerprint density at radius 3 is 1.03 bits per heavy atom. The van der Waals surface area contributed by atoms with Crippen molar-refractivity contribution in [3.8, 4) is 0 Å². The minimum atomic E-state index is -7.87. The van der Waals surface area contributed by atoms with Gasteiger partial charge in [-0.3, -0.25) is 9.47 Å². The molecule has 200 valence electrons. The Hall–Kier alpha value is -1.42. The highest BCUT2D eigenvalue weighted by atomic mass is 19.4. The van der Waals surface area contributed by atoms with Crippen molar-refractivity contribution in [2.24, 2.45) is 0 Å². The molecule has 33 heavy (non-hydrogen) atoms. The molecule has 22 heteroatoms. The quantitative estimate of drug-likeness (QED) is 0.330. The van der Waals surface area contributed by atoms with E-state index in [4.69, 9.17) is 5.11 Å². The van der Waals surface area contributed by atoms with Crippen molar-refractivity contribution in [1.82, 2.24) is 0 Å². The van der Waals surface area contributed by atoms with Crippen LogP contribution in [0.3, 0.4) is 0 Å². The summed E-state index contributed by atoms with van der Waals surface area (Å²) in [6.45, 7) is -0.647. The van der Waals surface area contributed by atoms with Crippen LogP contribution in [0.5, 0.6) is 0 Å². The Labute approximate surface area is 168 Å². The number of hydrogen-bond donors (Lipinski definition) is 1. The van der Waals surface area contributed by atoms with E-state index in [0.717, 1.165) is 0 Å². The zero-order valence-electron chi connectivity index (χ0n) is 14.6. The molecule has 0 heterocycles. The summed E-state index contributed by atoms with van der Waals surface area (Å²) in [4.78, 5) is 0. The highest BCUT2D eigenvalue weighted by molar-refractivity contribution is 4.92. The molecular weight excluding hydrogens is 538 g/mol. The molecule has 0 bridgehead atoms. The molecular formula is C11H6F18O4. The van der Waals surface area contributed by atoms with Gasteiger partial charge in [0, 0.05) is 6.92 Å². The third kappa shape index (κ3) is 6.38. The van der Waals surface area contributed by atoms with E-state index < -0.39 is 67.9 Å². The van der Waals surface area contributed by atoms with E-state index in [1.165, 1.54) is 4.74 Å². The van der Waals surface area contributed by atoms with E-state index in [2.05, 4.69) is 0 Å². The summed E-state index contributed by atoms with van der Waals surface area (Å²) in [5, 5.41) is 7.60. The Bertz CT molecular complexity index is 611. The fourth-order valence-corrected chi connectivity index (χ4v) is 1.21. The van der Waals surface area contributed by atoms with Crippen molar-refractivity contribution in [2.45, 2.75) is 67.9 Å². The molecule has 0 rings (SSSR count). The van der Waals surface area contributed by atoms with Crippen LogP contribution < -0.4 is 0 Å². The minimum Gasteiger partial charge on any atom is -0.332 e. The van der Waals surface area contributed by atoms with Crippen molar-refractivity contribution in [2.75, 3.05) is 0 Å². The zero-order chi connectivity index (χ0) is 27.3. The first-order valence-corrected chi connectivity index (χ1v) is 7.05. The molecule has 0 aliphatic rings. The second-order valence-corrected chi connectivity index (χ2v) is 5.73. The first-order valence-electron chi connectivity index (χ1n) is 7.05. The minimum absolute atomic E-state index is 0.647. The van der Waals surface area contributed by atoms with Crippen LogP contribution in [0.25, 0.3) is 0 Å². The topological polar surface area (TPSA) is 47.9 Å². The van der Waals surface area contributed by atoms with Crippen molar-refractivity contribution >= 4 is 0 Å². The maximum atomic E-state index is 13.2. The molecule has 0 aliphatic heterocycles. The lowest BCUT2D eigenvalue weighted by molar-refractivity contribution is -0.539. The predicted octanol–water partition coefficient (Wildman–Crippen LogP) is 5.51. The fourth-order valence-electron chi connectivity index (χ4n) is 1.21. The average molecular weight is 544 g/mol. The van der Waals surface area contributed by atoms with Crippen LogP contribution in [-0.2, 0) is 14.2 Å². The Balaban J connectivity index is 6.04. The zero-order valence-corrected chi connectivity index (χ0v) is 14.6. The third-order valence-electron chi connectivity index (χ3n) is 2.89. The molecule has 1 N–H and O–H groups in total. The molecule has 4 nitrogen and oxygen atoms in total. The van der Waals surface area contributed by atoms with Gasteiger partial charge in [-0.1, -0.05) is 0 Å². The van der Waals surface area contributed by atoms with Gasteiger partial charge in [-0.05, 0) is 0 Å². The van der Waals surface area contributed by atoms with Gasteiger partial charge in [-0.15, -0.1) is 0 Å². The molecule has 0 aromatic rings. The highest BCUT2D eigenvalue weighted by Crippen LogP contribution is 2.55. The number of ether oxygens (including phenoxy) is 3. The van der Waals surface area contributed by atoms with Crippen LogP contribution in [0.2, 0.25) is 0 Å². The lowest BCUT2D eigenvalue weighted by atomic mass is 10.2. The molecule has 2 atom stereocenters. The fraction of sp³-hybridized carbons (Fsp3) is 1.00. The van der Waals surface area contributed by atoms with Crippen LogP contribution >= 0.6 is 0 Å². The maximum Gasteiger partial charge on any atom is 0.433 e. The highest BCUT2D eigenvalue weighted by Gasteiger charge is 2.83. The second-order valence-electron chi connectivity index (χ2n) is 5.73. The monoisotopic (exact) mass is 544 g/mol. The van der Waals surface area contributed by atoms with Crippen LogP contribution in [0, 0.1) is 0 Å². The first kappa shape index (κ1) is 31.6. The molecule has 0 aliphatic carbocycles. The van der Waals surface area contributed by atoms with Gasteiger partial charge in [0.05, 0.1) is 0 Å². The van der Waals surface area contributed by atoms with Gasteiger partial charge in [0.1, 0.15) is 0 Å². The van der Waals surface area contributed by atoms with Gasteiger partial charge in [0.15, 0.2) is 0 Å². The molecule has 0 spiro atoms. The predicted molar refractivity (Wildman–Crippen MR) is 60.5 cm³/mol. The Morgan fingerprint density at radius 2 is 0.788 bits per heavy atom. The maximum absolute atomic E-state index is 13.2. The van der Waals surface area contributed by atoms with Gasteiger partial charge in [-0.2, -0.15) is 61.5 Å². The number of alkyl halides is 18. The van der Waals surface area contributed by atoms with Crippen LogP contribution in [0.15, 0.2) is 0 Å². The van der Waals surface area contributed by atoms with Gasteiger partial charge in [-0.25, -0.2) is 22.3 Å².